The van der Waals surface area contributed by atoms with Gasteiger partial charge in [0, 0.05) is 32.7 Å². The van der Waals surface area contributed by atoms with E-state index in [4.69, 9.17) is 19.9 Å². The Morgan fingerprint density at radius 2 is 2.28 bits per heavy atom. The Kier molecular flexibility index (Phi) is 3.93. The normalized spacial score (nSPS) is 23.0. The molecule has 1 aliphatic heterocycles. The van der Waals surface area contributed by atoms with Crippen LogP contribution < -0.4 is 15.8 Å². The Hall–Kier alpha value is -1.46. The van der Waals surface area contributed by atoms with E-state index in [1.807, 2.05) is 18.2 Å². The molecule has 0 aliphatic carbocycles. The Labute approximate surface area is 107 Å². The molecule has 0 bridgehead atoms. The van der Waals surface area contributed by atoms with Crippen molar-refractivity contribution in [3.8, 4) is 5.75 Å². The summed E-state index contributed by atoms with van der Waals surface area (Å²) in [5.41, 5.74) is 7.22. The molecular weight excluding hydrogens is 232 g/mol. The lowest BCUT2D eigenvalue weighted by molar-refractivity contribution is -0.00619. The van der Waals surface area contributed by atoms with Crippen LogP contribution in [-0.2, 0) is 9.47 Å². The van der Waals surface area contributed by atoms with Gasteiger partial charge in [0.2, 0.25) is 0 Å². The van der Waals surface area contributed by atoms with Crippen molar-refractivity contribution in [1.82, 2.24) is 0 Å². The van der Waals surface area contributed by atoms with E-state index in [0.29, 0.717) is 18.8 Å². The molecule has 0 saturated carbocycles. The largest absolute Gasteiger partial charge is 0.497 e. The van der Waals surface area contributed by atoms with Gasteiger partial charge in [0.1, 0.15) is 11.4 Å². The molecule has 1 atom stereocenters. The van der Waals surface area contributed by atoms with Crippen molar-refractivity contribution in [3.05, 3.63) is 18.2 Å². The minimum Gasteiger partial charge on any atom is -0.497 e. The molecule has 1 aliphatic rings. The minimum atomic E-state index is -0.254. The second-order valence-corrected chi connectivity index (χ2v) is 4.50. The summed E-state index contributed by atoms with van der Waals surface area (Å²) in [5.74, 6) is 0.779. The second-order valence-electron chi connectivity index (χ2n) is 4.50. The average Bonchev–Trinajstić information content (AvgIpc) is 2.87. The van der Waals surface area contributed by atoms with Crippen LogP contribution in [0.15, 0.2) is 18.2 Å². The van der Waals surface area contributed by atoms with Gasteiger partial charge in [-0.05, 0) is 12.1 Å². The lowest BCUT2D eigenvalue weighted by Gasteiger charge is -2.26. The predicted molar refractivity (Wildman–Crippen MR) is 71.1 cm³/mol. The number of nitrogens with two attached hydrogens (primary N) is 1. The van der Waals surface area contributed by atoms with Crippen LogP contribution in [0.4, 0.5) is 11.4 Å². The van der Waals surface area contributed by atoms with Gasteiger partial charge in [0.25, 0.3) is 0 Å². The number of ether oxygens (including phenoxy) is 3. The highest BCUT2D eigenvalue weighted by Gasteiger charge is 2.34. The highest BCUT2D eigenvalue weighted by atomic mass is 16.5. The fraction of sp³-hybridized carbons (Fsp3) is 0.538. The third-order valence-electron chi connectivity index (χ3n) is 3.36. The zero-order valence-corrected chi connectivity index (χ0v) is 10.9. The third kappa shape index (κ3) is 2.68. The van der Waals surface area contributed by atoms with Crippen LogP contribution in [0, 0.1) is 0 Å². The topological polar surface area (TPSA) is 65.7 Å². The predicted octanol–water partition coefficient (Wildman–Crippen LogP) is 1.49. The highest BCUT2D eigenvalue weighted by molar-refractivity contribution is 5.68. The Bertz CT molecular complexity index is 403. The fourth-order valence-corrected chi connectivity index (χ4v) is 2.03. The lowest BCUT2D eigenvalue weighted by atomic mass is 10.0. The van der Waals surface area contributed by atoms with Crippen LogP contribution in [0.2, 0.25) is 0 Å². The van der Waals surface area contributed by atoms with Gasteiger partial charge in [-0.1, -0.05) is 0 Å². The number of nitrogens with one attached hydrogen (secondary N) is 1. The first-order chi connectivity index (χ1) is 8.69. The molecule has 2 rings (SSSR count). The molecule has 0 spiro atoms. The van der Waals surface area contributed by atoms with Gasteiger partial charge in [-0.2, -0.15) is 0 Å². The summed E-state index contributed by atoms with van der Waals surface area (Å²) in [4.78, 5) is 0. The summed E-state index contributed by atoms with van der Waals surface area (Å²) >= 11 is 0. The number of methoxy groups -OCH3 is 2. The summed E-state index contributed by atoms with van der Waals surface area (Å²) in [7, 11) is 3.35. The molecule has 1 saturated heterocycles. The van der Waals surface area contributed by atoms with E-state index in [1.54, 1.807) is 14.2 Å². The number of anilines is 2. The third-order valence-corrected chi connectivity index (χ3v) is 3.36. The fourth-order valence-electron chi connectivity index (χ4n) is 2.03. The van der Waals surface area contributed by atoms with Gasteiger partial charge >= 0.3 is 0 Å². The van der Waals surface area contributed by atoms with E-state index < -0.39 is 0 Å². The molecule has 100 valence electrons. The van der Waals surface area contributed by atoms with Crippen LogP contribution in [0.5, 0.6) is 5.75 Å². The Balaban J connectivity index is 2.05. The van der Waals surface area contributed by atoms with E-state index >= 15 is 0 Å². The molecule has 5 nitrogen and oxygen atoms in total. The molecule has 0 aromatic heterocycles. The molecule has 1 fully saturated rings. The molecule has 18 heavy (non-hydrogen) atoms. The minimum absolute atomic E-state index is 0.254. The van der Waals surface area contributed by atoms with E-state index in [9.17, 15) is 0 Å². The van der Waals surface area contributed by atoms with Crippen LogP contribution in [0.1, 0.15) is 6.42 Å². The first kappa shape index (κ1) is 13.0. The molecular formula is C13H20N2O3. The van der Waals surface area contributed by atoms with Crippen LogP contribution in [0.3, 0.4) is 0 Å². The van der Waals surface area contributed by atoms with Crippen molar-refractivity contribution in [1.29, 1.82) is 0 Å². The van der Waals surface area contributed by atoms with Gasteiger partial charge in [-0.3, -0.25) is 0 Å². The SMILES string of the molecule is COc1ccc(N)c(NCC2(OC)CCOC2)c1. The van der Waals surface area contributed by atoms with E-state index in [1.165, 1.54) is 0 Å². The molecule has 5 heteroatoms. The molecule has 1 heterocycles. The summed E-state index contributed by atoms with van der Waals surface area (Å²) in [5, 5.41) is 3.31. The molecule has 1 aromatic rings. The van der Waals surface area contributed by atoms with Crippen LogP contribution in [0.25, 0.3) is 0 Å². The van der Waals surface area contributed by atoms with Crippen molar-refractivity contribution in [2.45, 2.75) is 12.0 Å². The maximum atomic E-state index is 5.92. The maximum absolute atomic E-state index is 5.92. The van der Waals surface area contributed by atoms with Gasteiger partial charge in [-0.25, -0.2) is 0 Å². The van der Waals surface area contributed by atoms with Gasteiger partial charge in [-0.15, -0.1) is 0 Å². The van der Waals surface area contributed by atoms with Crippen molar-refractivity contribution >= 4 is 11.4 Å². The summed E-state index contributed by atoms with van der Waals surface area (Å²) < 4.78 is 16.1. The van der Waals surface area contributed by atoms with Crippen molar-refractivity contribution in [2.75, 3.05) is 45.0 Å². The van der Waals surface area contributed by atoms with E-state index in [2.05, 4.69) is 5.32 Å². The molecule has 0 amide bonds. The average molecular weight is 252 g/mol. The number of benzene rings is 1. The van der Waals surface area contributed by atoms with Crippen molar-refractivity contribution in [2.24, 2.45) is 0 Å². The molecule has 3 N–H and O–H groups in total. The van der Waals surface area contributed by atoms with Gasteiger partial charge in [0.15, 0.2) is 0 Å². The Morgan fingerprint density at radius 1 is 1.44 bits per heavy atom. The van der Waals surface area contributed by atoms with E-state index in [-0.39, 0.29) is 5.60 Å². The van der Waals surface area contributed by atoms with Crippen molar-refractivity contribution in [3.63, 3.8) is 0 Å². The van der Waals surface area contributed by atoms with Gasteiger partial charge < -0.3 is 25.3 Å². The number of hydrogen-bond acceptors (Lipinski definition) is 5. The monoisotopic (exact) mass is 252 g/mol. The second kappa shape index (κ2) is 5.46. The number of rotatable bonds is 5. The summed E-state index contributed by atoms with van der Waals surface area (Å²) in [6.45, 7) is 2.02. The summed E-state index contributed by atoms with van der Waals surface area (Å²) in [6, 6.07) is 5.55. The summed E-state index contributed by atoms with van der Waals surface area (Å²) in [6.07, 6.45) is 0.889. The maximum Gasteiger partial charge on any atom is 0.121 e. The molecule has 0 radical (unpaired) electrons. The van der Waals surface area contributed by atoms with Gasteiger partial charge in [0.05, 0.1) is 25.1 Å². The number of nitrogen functional groups attached to an aromatic ring is 1. The Morgan fingerprint density at radius 3 is 2.89 bits per heavy atom. The molecule has 1 unspecified atom stereocenters. The zero-order chi connectivity index (χ0) is 13.0. The zero-order valence-electron chi connectivity index (χ0n) is 10.9. The van der Waals surface area contributed by atoms with Crippen LogP contribution >= 0.6 is 0 Å². The first-order valence-corrected chi connectivity index (χ1v) is 5.99. The lowest BCUT2D eigenvalue weighted by Crippen LogP contribution is -2.39. The molecule has 1 aromatic carbocycles. The highest BCUT2D eigenvalue weighted by Crippen LogP contribution is 2.27. The smallest absolute Gasteiger partial charge is 0.121 e. The van der Waals surface area contributed by atoms with Crippen LogP contribution in [-0.4, -0.2) is 39.6 Å². The number of hydrogen-bond donors (Lipinski definition) is 2. The quantitative estimate of drug-likeness (QED) is 0.777. The standard InChI is InChI=1S/C13H20N2O3/c1-16-10-3-4-11(14)12(7-10)15-8-13(17-2)5-6-18-9-13/h3-4,7,15H,5-6,8-9,14H2,1-2H3. The van der Waals surface area contributed by atoms with E-state index in [0.717, 1.165) is 24.5 Å². The van der Waals surface area contributed by atoms with Crippen molar-refractivity contribution < 1.29 is 14.2 Å². The first-order valence-electron chi connectivity index (χ1n) is 5.99.